The molecule has 3 aromatic carbocycles. The number of halogens is 3. The van der Waals surface area contributed by atoms with Gasteiger partial charge < -0.3 is 4.18 Å². The average Bonchev–Trinajstić information content (AvgIpc) is 2.52. The van der Waals surface area contributed by atoms with E-state index in [4.69, 9.17) is 4.18 Å². The van der Waals surface area contributed by atoms with Crippen LogP contribution in [0.25, 0.3) is 21.5 Å². The minimum atomic E-state index is -5.77. The predicted octanol–water partition coefficient (Wildman–Crippen LogP) is 4.77. The Morgan fingerprint density at radius 2 is 1.23 bits per heavy atom. The molecule has 3 nitrogen and oxygen atoms in total. The Bertz CT molecular complexity index is 1100. The molecule has 0 spiro atoms. The summed E-state index contributed by atoms with van der Waals surface area (Å²) < 4.78 is 67.1. The van der Waals surface area contributed by atoms with Crippen LogP contribution in [-0.4, -0.2) is 22.0 Å². The first-order chi connectivity index (χ1) is 11.9. The molecule has 3 aromatic rings. The second kappa shape index (κ2) is 5.99. The van der Waals surface area contributed by atoms with Gasteiger partial charge in [-0.2, -0.15) is 21.6 Å². The van der Waals surface area contributed by atoms with E-state index in [1.54, 1.807) is 36.4 Å². The standard InChI is InChI=1S/C18H17F3O3SSi/c1-26(2,3)17-15-11-7-5-9-13(15)12-8-4-6-10-14(12)16(17)24-25(22,23)18(19,20)21/h4-11H,1-3H3. The van der Waals surface area contributed by atoms with Gasteiger partial charge in [0.1, 0.15) is 0 Å². The van der Waals surface area contributed by atoms with Crippen molar-refractivity contribution < 1.29 is 25.8 Å². The van der Waals surface area contributed by atoms with Crippen LogP contribution in [0.5, 0.6) is 5.75 Å². The zero-order chi connectivity index (χ0) is 19.3. The number of benzene rings is 3. The zero-order valence-electron chi connectivity index (χ0n) is 14.4. The fourth-order valence-electron chi connectivity index (χ4n) is 3.10. The third kappa shape index (κ3) is 3.07. The van der Waals surface area contributed by atoms with E-state index in [9.17, 15) is 21.6 Å². The van der Waals surface area contributed by atoms with Crippen LogP contribution in [-0.2, 0) is 10.1 Å². The minimum absolute atomic E-state index is 0.212. The summed E-state index contributed by atoms with van der Waals surface area (Å²) in [6.45, 7) is 5.82. The number of fused-ring (bicyclic) bond motifs is 3. The van der Waals surface area contributed by atoms with Gasteiger partial charge in [0.25, 0.3) is 0 Å². The molecule has 0 aliphatic carbocycles. The molecule has 0 saturated carbocycles. The van der Waals surface area contributed by atoms with Crippen molar-refractivity contribution in [3.05, 3.63) is 48.5 Å². The summed E-state index contributed by atoms with van der Waals surface area (Å²) in [5, 5.41) is 3.14. The van der Waals surface area contributed by atoms with Crippen molar-refractivity contribution in [2.75, 3.05) is 0 Å². The Hall–Kier alpha value is -2.06. The number of hydrogen-bond donors (Lipinski definition) is 0. The lowest BCUT2D eigenvalue weighted by Crippen LogP contribution is -2.41. The van der Waals surface area contributed by atoms with E-state index in [-0.39, 0.29) is 5.75 Å². The summed E-state index contributed by atoms with van der Waals surface area (Å²) in [4.78, 5) is 0. The van der Waals surface area contributed by atoms with Crippen molar-refractivity contribution in [3.8, 4) is 5.75 Å². The fourth-order valence-corrected chi connectivity index (χ4v) is 5.55. The highest BCUT2D eigenvalue weighted by Crippen LogP contribution is 2.36. The van der Waals surface area contributed by atoms with Crippen LogP contribution < -0.4 is 9.37 Å². The Kier molecular flexibility index (Phi) is 4.31. The first-order valence-electron chi connectivity index (χ1n) is 7.88. The molecule has 0 N–H and O–H groups in total. The molecule has 0 fully saturated rings. The first-order valence-corrected chi connectivity index (χ1v) is 12.8. The monoisotopic (exact) mass is 398 g/mol. The van der Waals surface area contributed by atoms with Gasteiger partial charge in [0.15, 0.2) is 5.75 Å². The molecule has 0 saturated heterocycles. The maximum Gasteiger partial charge on any atom is 0.534 e. The van der Waals surface area contributed by atoms with Crippen LogP contribution in [0, 0.1) is 0 Å². The van der Waals surface area contributed by atoms with Crippen molar-refractivity contribution in [1.82, 2.24) is 0 Å². The second-order valence-electron chi connectivity index (χ2n) is 7.03. The molecule has 0 aromatic heterocycles. The largest absolute Gasteiger partial charge is 0.534 e. The SMILES string of the molecule is C[Si](C)(C)c1c(OS(=O)(=O)C(F)(F)F)c2ccccc2c2ccccc12. The Labute approximate surface area is 150 Å². The van der Waals surface area contributed by atoms with E-state index in [0.29, 0.717) is 16.0 Å². The Morgan fingerprint density at radius 3 is 1.69 bits per heavy atom. The van der Waals surface area contributed by atoms with Gasteiger partial charge in [0.05, 0.1) is 8.07 Å². The molecular formula is C18H17F3O3SSi. The van der Waals surface area contributed by atoms with Crippen molar-refractivity contribution >= 4 is 44.9 Å². The van der Waals surface area contributed by atoms with E-state index < -0.39 is 23.7 Å². The maximum atomic E-state index is 13.0. The Balaban J connectivity index is 2.50. The van der Waals surface area contributed by atoms with Crippen LogP contribution >= 0.6 is 0 Å². The normalized spacial score (nSPS) is 13.3. The average molecular weight is 398 g/mol. The summed E-state index contributed by atoms with van der Waals surface area (Å²) in [7, 11) is -8.05. The zero-order valence-corrected chi connectivity index (χ0v) is 16.2. The van der Waals surface area contributed by atoms with Gasteiger partial charge in [-0.05, 0) is 21.3 Å². The third-order valence-electron chi connectivity index (χ3n) is 4.11. The van der Waals surface area contributed by atoms with Crippen molar-refractivity contribution in [2.24, 2.45) is 0 Å². The molecule has 0 unspecified atom stereocenters. The van der Waals surface area contributed by atoms with E-state index in [2.05, 4.69) is 0 Å². The second-order valence-corrected chi connectivity index (χ2v) is 13.6. The predicted molar refractivity (Wildman–Crippen MR) is 100 cm³/mol. The molecule has 0 aliphatic rings. The first kappa shape index (κ1) is 18.7. The molecule has 138 valence electrons. The van der Waals surface area contributed by atoms with Gasteiger partial charge in [-0.25, -0.2) is 0 Å². The van der Waals surface area contributed by atoms with Crippen molar-refractivity contribution in [2.45, 2.75) is 25.1 Å². The highest BCUT2D eigenvalue weighted by atomic mass is 32.2. The van der Waals surface area contributed by atoms with Gasteiger partial charge in [0.2, 0.25) is 0 Å². The van der Waals surface area contributed by atoms with Gasteiger partial charge in [0, 0.05) is 5.39 Å². The van der Waals surface area contributed by atoms with Crippen molar-refractivity contribution in [1.29, 1.82) is 0 Å². The molecule has 0 aliphatic heterocycles. The number of rotatable bonds is 3. The lowest BCUT2D eigenvalue weighted by atomic mass is 10.0. The molecule has 26 heavy (non-hydrogen) atoms. The smallest absolute Gasteiger partial charge is 0.375 e. The summed E-state index contributed by atoms with van der Waals surface area (Å²) in [6, 6.07) is 14.0. The summed E-state index contributed by atoms with van der Waals surface area (Å²) >= 11 is 0. The molecular weight excluding hydrogens is 381 g/mol. The van der Waals surface area contributed by atoms with Gasteiger partial charge in [-0.15, -0.1) is 0 Å². The van der Waals surface area contributed by atoms with Gasteiger partial charge >= 0.3 is 15.6 Å². The van der Waals surface area contributed by atoms with Crippen LogP contribution in [0.3, 0.4) is 0 Å². The van der Waals surface area contributed by atoms with Gasteiger partial charge in [-0.3, -0.25) is 0 Å². The van der Waals surface area contributed by atoms with Crippen LogP contribution in [0.1, 0.15) is 0 Å². The molecule has 0 bridgehead atoms. The van der Waals surface area contributed by atoms with Crippen molar-refractivity contribution in [3.63, 3.8) is 0 Å². The van der Waals surface area contributed by atoms with Crippen LogP contribution in [0.15, 0.2) is 48.5 Å². The van der Waals surface area contributed by atoms with E-state index in [0.717, 1.165) is 10.8 Å². The lowest BCUT2D eigenvalue weighted by Gasteiger charge is -2.25. The molecule has 0 heterocycles. The van der Waals surface area contributed by atoms with E-state index in [1.165, 1.54) is 0 Å². The minimum Gasteiger partial charge on any atom is -0.375 e. The summed E-state index contributed by atoms with van der Waals surface area (Å²) in [6.07, 6.45) is 0. The number of alkyl halides is 3. The molecule has 0 amide bonds. The Morgan fingerprint density at radius 1 is 0.808 bits per heavy atom. The number of hydrogen-bond acceptors (Lipinski definition) is 3. The quantitative estimate of drug-likeness (QED) is 0.276. The van der Waals surface area contributed by atoms with E-state index >= 15 is 0 Å². The topological polar surface area (TPSA) is 43.4 Å². The maximum absolute atomic E-state index is 13.0. The lowest BCUT2D eigenvalue weighted by molar-refractivity contribution is -0.0499. The molecule has 0 radical (unpaired) electrons. The summed E-state index contributed by atoms with van der Waals surface area (Å²) in [5.41, 5.74) is -5.49. The molecule has 8 heteroatoms. The van der Waals surface area contributed by atoms with Crippen LogP contribution in [0.4, 0.5) is 13.2 Å². The highest BCUT2D eigenvalue weighted by Gasteiger charge is 2.49. The van der Waals surface area contributed by atoms with E-state index in [1.807, 2.05) is 31.8 Å². The third-order valence-corrected chi connectivity index (χ3v) is 7.06. The van der Waals surface area contributed by atoms with Gasteiger partial charge in [-0.1, -0.05) is 68.2 Å². The molecule has 3 rings (SSSR count). The van der Waals surface area contributed by atoms with Crippen LogP contribution in [0.2, 0.25) is 19.6 Å². The highest BCUT2D eigenvalue weighted by molar-refractivity contribution is 7.88. The fraction of sp³-hybridized carbons (Fsp3) is 0.222. The molecule has 0 atom stereocenters. The summed E-state index contributed by atoms with van der Waals surface area (Å²) in [5.74, 6) is -0.212.